The lowest BCUT2D eigenvalue weighted by Gasteiger charge is -2.08. The van der Waals surface area contributed by atoms with Gasteiger partial charge in [-0.05, 0) is 40.2 Å². The van der Waals surface area contributed by atoms with E-state index in [0.717, 1.165) is 5.39 Å². The molecule has 0 radical (unpaired) electrons. The van der Waals surface area contributed by atoms with Crippen molar-refractivity contribution in [3.63, 3.8) is 0 Å². The molecule has 0 unspecified atom stereocenters. The molecule has 3 N–H and O–H groups in total. The summed E-state index contributed by atoms with van der Waals surface area (Å²) in [5, 5.41) is 3.53. The van der Waals surface area contributed by atoms with Gasteiger partial charge in [-0.25, -0.2) is 9.97 Å². The Morgan fingerprint density at radius 1 is 1.19 bits per heavy atom. The third kappa shape index (κ3) is 2.71. The second-order valence-corrected chi connectivity index (χ2v) is 5.26. The van der Waals surface area contributed by atoms with Crippen LogP contribution >= 0.6 is 15.9 Å². The standard InChI is InChI=1S/C15H11BrN4O/c16-10-5-3-7-18-14(10)20-15(21)13-8-11(17)9-4-1-2-6-12(9)19-13/h1-8H,(H2,17,19)(H,18,20,21). The van der Waals surface area contributed by atoms with Gasteiger partial charge in [-0.3, -0.25) is 4.79 Å². The Bertz CT molecular complexity index is 835. The highest BCUT2D eigenvalue weighted by atomic mass is 79.9. The number of pyridine rings is 2. The van der Waals surface area contributed by atoms with Crippen LogP contribution < -0.4 is 11.1 Å². The molecule has 0 saturated heterocycles. The Labute approximate surface area is 129 Å². The zero-order valence-electron chi connectivity index (χ0n) is 10.9. The van der Waals surface area contributed by atoms with E-state index in [1.807, 2.05) is 24.3 Å². The summed E-state index contributed by atoms with van der Waals surface area (Å²) in [6.07, 6.45) is 1.60. The van der Waals surface area contributed by atoms with Crippen molar-refractivity contribution in [2.24, 2.45) is 0 Å². The van der Waals surface area contributed by atoms with Gasteiger partial charge in [0.05, 0.1) is 9.99 Å². The molecule has 21 heavy (non-hydrogen) atoms. The number of aromatic nitrogens is 2. The summed E-state index contributed by atoms with van der Waals surface area (Å²) in [6.45, 7) is 0. The van der Waals surface area contributed by atoms with Crippen molar-refractivity contribution in [2.45, 2.75) is 0 Å². The van der Waals surface area contributed by atoms with Crippen LogP contribution in [0.1, 0.15) is 10.5 Å². The number of nitrogens with one attached hydrogen (secondary N) is 1. The highest BCUT2D eigenvalue weighted by Crippen LogP contribution is 2.22. The number of benzene rings is 1. The van der Waals surface area contributed by atoms with Gasteiger partial charge in [-0.1, -0.05) is 18.2 Å². The smallest absolute Gasteiger partial charge is 0.275 e. The summed E-state index contributed by atoms with van der Waals surface area (Å²) in [6, 6.07) is 12.6. The van der Waals surface area contributed by atoms with Gasteiger partial charge in [0, 0.05) is 17.3 Å². The summed E-state index contributed by atoms with van der Waals surface area (Å²) in [7, 11) is 0. The van der Waals surface area contributed by atoms with E-state index in [-0.39, 0.29) is 11.6 Å². The zero-order chi connectivity index (χ0) is 14.8. The lowest BCUT2D eigenvalue weighted by molar-refractivity contribution is 0.102. The molecule has 0 aliphatic heterocycles. The largest absolute Gasteiger partial charge is 0.398 e. The van der Waals surface area contributed by atoms with E-state index in [9.17, 15) is 4.79 Å². The van der Waals surface area contributed by atoms with E-state index < -0.39 is 0 Å². The summed E-state index contributed by atoms with van der Waals surface area (Å²) in [5.74, 6) is 0.0860. The molecule has 2 heterocycles. The van der Waals surface area contributed by atoms with Gasteiger partial charge in [-0.2, -0.15) is 0 Å². The molecule has 3 aromatic rings. The quantitative estimate of drug-likeness (QED) is 0.749. The van der Waals surface area contributed by atoms with Gasteiger partial charge >= 0.3 is 0 Å². The number of nitrogens with zero attached hydrogens (tertiary/aromatic N) is 2. The summed E-state index contributed by atoms with van der Waals surface area (Å²) in [5.41, 5.74) is 7.43. The molecule has 5 nitrogen and oxygen atoms in total. The molecule has 0 aliphatic rings. The average molecular weight is 343 g/mol. The molecule has 0 aliphatic carbocycles. The fourth-order valence-corrected chi connectivity index (χ4v) is 2.32. The van der Waals surface area contributed by atoms with Crippen molar-refractivity contribution in [1.82, 2.24) is 9.97 Å². The monoisotopic (exact) mass is 342 g/mol. The summed E-state index contributed by atoms with van der Waals surface area (Å²) in [4.78, 5) is 20.7. The van der Waals surface area contributed by atoms with Crippen molar-refractivity contribution in [2.75, 3.05) is 11.1 Å². The number of carbonyl (C=O) groups excluding carboxylic acids is 1. The van der Waals surface area contributed by atoms with Crippen molar-refractivity contribution in [1.29, 1.82) is 0 Å². The third-order valence-electron chi connectivity index (χ3n) is 2.97. The van der Waals surface area contributed by atoms with Crippen molar-refractivity contribution in [3.05, 3.63) is 58.8 Å². The predicted molar refractivity (Wildman–Crippen MR) is 86.0 cm³/mol. The molecule has 0 atom stereocenters. The third-order valence-corrected chi connectivity index (χ3v) is 3.61. The fraction of sp³-hybridized carbons (Fsp3) is 0. The van der Waals surface area contributed by atoms with Crippen LogP contribution in [0, 0.1) is 0 Å². The maximum atomic E-state index is 12.3. The van der Waals surface area contributed by atoms with Gasteiger partial charge < -0.3 is 11.1 Å². The molecule has 0 fully saturated rings. The van der Waals surface area contributed by atoms with Crippen molar-refractivity contribution >= 4 is 44.2 Å². The molecule has 3 rings (SSSR count). The Hall–Kier alpha value is -2.47. The minimum absolute atomic E-state index is 0.253. The van der Waals surface area contributed by atoms with Crippen molar-refractivity contribution in [3.8, 4) is 0 Å². The van der Waals surface area contributed by atoms with Crippen LogP contribution in [0.25, 0.3) is 10.9 Å². The molecule has 2 aromatic heterocycles. The molecular formula is C15H11BrN4O. The van der Waals surface area contributed by atoms with Crippen LogP contribution in [-0.2, 0) is 0 Å². The van der Waals surface area contributed by atoms with Crippen LogP contribution in [-0.4, -0.2) is 15.9 Å². The SMILES string of the molecule is Nc1cc(C(=O)Nc2ncccc2Br)nc2ccccc12. The Morgan fingerprint density at radius 3 is 2.81 bits per heavy atom. The predicted octanol–water partition coefficient (Wildman–Crippen LogP) is 3.23. The Morgan fingerprint density at radius 2 is 2.00 bits per heavy atom. The van der Waals surface area contributed by atoms with Crippen molar-refractivity contribution < 1.29 is 4.79 Å². The van der Waals surface area contributed by atoms with Crippen LogP contribution in [0.3, 0.4) is 0 Å². The molecule has 104 valence electrons. The van der Waals surface area contributed by atoms with Crippen LogP contribution in [0.4, 0.5) is 11.5 Å². The number of anilines is 2. The van der Waals surface area contributed by atoms with E-state index in [1.54, 1.807) is 24.4 Å². The number of nitrogens with two attached hydrogens (primary N) is 1. The number of carbonyl (C=O) groups is 1. The molecular weight excluding hydrogens is 332 g/mol. The molecule has 6 heteroatoms. The van der Waals surface area contributed by atoms with Gasteiger partial charge in [0.25, 0.3) is 5.91 Å². The van der Waals surface area contributed by atoms with E-state index >= 15 is 0 Å². The van der Waals surface area contributed by atoms with Crippen LogP contribution in [0.5, 0.6) is 0 Å². The van der Waals surface area contributed by atoms with Gasteiger partial charge in [0.1, 0.15) is 11.5 Å². The molecule has 0 saturated carbocycles. The normalized spacial score (nSPS) is 10.5. The minimum atomic E-state index is -0.355. The first-order valence-electron chi connectivity index (χ1n) is 6.22. The first kappa shape index (κ1) is 13.5. The molecule has 0 bridgehead atoms. The first-order valence-corrected chi connectivity index (χ1v) is 7.01. The number of para-hydroxylation sites is 1. The molecule has 1 amide bonds. The maximum Gasteiger partial charge on any atom is 0.275 e. The average Bonchev–Trinajstić information content (AvgIpc) is 2.49. The second kappa shape index (κ2) is 5.49. The minimum Gasteiger partial charge on any atom is -0.398 e. The summed E-state index contributed by atoms with van der Waals surface area (Å²) < 4.78 is 0.701. The van der Waals surface area contributed by atoms with E-state index in [1.165, 1.54) is 0 Å². The number of fused-ring (bicyclic) bond motifs is 1. The highest BCUT2D eigenvalue weighted by molar-refractivity contribution is 9.10. The van der Waals surface area contributed by atoms with Crippen LogP contribution in [0.15, 0.2) is 53.1 Å². The van der Waals surface area contributed by atoms with Gasteiger partial charge in [0.15, 0.2) is 0 Å². The fourth-order valence-electron chi connectivity index (χ4n) is 1.97. The first-order chi connectivity index (χ1) is 10.1. The Kier molecular flexibility index (Phi) is 3.53. The van der Waals surface area contributed by atoms with Gasteiger partial charge in [0.2, 0.25) is 0 Å². The second-order valence-electron chi connectivity index (χ2n) is 4.40. The lowest BCUT2D eigenvalue weighted by atomic mass is 10.1. The van der Waals surface area contributed by atoms with E-state index in [0.29, 0.717) is 21.5 Å². The lowest BCUT2D eigenvalue weighted by Crippen LogP contribution is -2.15. The van der Waals surface area contributed by atoms with Gasteiger partial charge in [-0.15, -0.1) is 0 Å². The topological polar surface area (TPSA) is 80.9 Å². The number of hydrogen-bond acceptors (Lipinski definition) is 4. The number of halogens is 1. The number of hydrogen-bond donors (Lipinski definition) is 2. The Balaban J connectivity index is 1.97. The molecule has 1 aromatic carbocycles. The number of rotatable bonds is 2. The van der Waals surface area contributed by atoms with Crippen LogP contribution in [0.2, 0.25) is 0 Å². The molecule has 0 spiro atoms. The summed E-state index contributed by atoms with van der Waals surface area (Å²) >= 11 is 3.33. The number of nitrogen functional groups attached to an aromatic ring is 1. The zero-order valence-corrected chi connectivity index (χ0v) is 12.5. The highest BCUT2D eigenvalue weighted by Gasteiger charge is 2.12. The number of amides is 1. The maximum absolute atomic E-state index is 12.3. The van der Waals surface area contributed by atoms with E-state index in [4.69, 9.17) is 5.73 Å². The van der Waals surface area contributed by atoms with E-state index in [2.05, 4.69) is 31.2 Å².